The van der Waals surface area contributed by atoms with E-state index in [1.807, 2.05) is 24.3 Å². The topological polar surface area (TPSA) is 83.8 Å². The Morgan fingerprint density at radius 3 is 2.72 bits per heavy atom. The highest BCUT2D eigenvalue weighted by molar-refractivity contribution is 5.36. The van der Waals surface area contributed by atoms with Crippen molar-refractivity contribution >= 4 is 5.82 Å². The third-order valence-electron chi connectivity index (χ3n) is 2.66. The molecule has 0 aliphatic carbocycles. The lowest BCUT2D eigenvalue weighted by molar-refractivity contribution is 0.975. The van der Waals surface area contributed by atoms with Crippen LogP contribution in [-0.2, 0) is 13.1 Å². The van der Waals surface area contributed by atoms with Crippen LogP contribution in [0.25, 0.3) is 0 Å². The summed E-state index contributed by atoms with van der Waals surface area (Å²) in [7, 11) is 0. The van der Waals surface area contributed by atoms with Gasteiger partial charge in [0.1, 0.15) is 11.6 Å². The highest BCUT2D eigenvalue weighted by Crippen LogP contribution is 2.10. The molecule has 4 N–H and O–H groups in total. The van der Waals surface area contributed by atoms with Gasteiger partial charge in [0.2, 0.25) is 0 Å². The van der Waals surface area contributed by atoms with Crippen molar-refractivity contribution in [3.8, 4) is 0 Å². The molecule has 2 aromatic rings. The lowest BCUT2D eigenvalue weighted by Gasteiger charge is -2.09. The summed E-state index contributed by atoms with van der Waals surface area (Å²) >= 11 is 0. The molecule has 0 radical (unpaired) electrons. The van der Waals surface area contributed by atoms with E-state index in [9.17, 15) is 4.79 Å². The predicted molar refractivity (Wildman–Crippen MR) is 71.3 cm³/mol. The Bertz CT molecular complexity index is 592. The van der Waals surface area contributed by atoms with E-state index in [1.165, 1.54) is 6.07 Å². The fourth-order valence-corrected chi connectivity index (χ4v) is 1.78. The maximum absolute atomic E-state index is 11.3. The maximum atomic E-state index is 11.3. The summed E-state index contributed by atoms with van der Waals surface area (Å²) in [5, 5.41) is 3.13. The van der Waals surface area contributed by atoms with Crippen molar-refractivity contribution in [1.29, 1.82) is 0 Å². The lowest BCUT2D eigenvalue weighted by atomic mass is 10.1. The minimum Gasteiger partial charge on any atom is -0.366 e. The van der Waals surface area contributed by atoms with Gasteiger partial charge in [-0.2, -0.15) is 0 Å². The molecule has 18 heavy (non-hydrogen) atoms. The molecule has 0 fully saturated rings. The van der Waals surface area contributed by atoms with E-state index in [2.05, 4.69) is 15.3 Å². The van der Waals surface area contributed by atoms with Crippen molar-refractivity contribution < 1.29 is 0 Å². The minimum absolute atomic E-state index is 0.155. The van der Waals surface area contributed by atoms with Crippen LogP contribution in [0.3, 0.4) is 0 Å². The molecular formula is C13H16N4O. The number of aryl methyl sites for hydroxylation is 1. The van der Waals surface area contributed by atoms with Crippen molar-refractivity contribution in [2.45, 2.75) is 20.0 Å². The fourth-order valence-electron chi connectivity index (χ4n) is 1.78. The van der Waals surface area contributed by atoms with Gasteiger partial charge in [-0.05, 0) is 18.1 Å². The number of aromatic amines is 1. The molecule has 0 saturated carbocycles. The van der Waals surface area contributed by atoms with Gasteiger partial charge in [-0.1, -0.05) is 24.3 Å². The van der Waals surface area contributed by atoms with Gasteiger partial charge in [0.05, 0.1) is 0 Å². The fraction of sp³-hybridized carbons (Fsp3) is 0.231. The van der Waals surface area contributed by atoms with Crippen LogP contribution in [0.15, 0.2) is 35.1 Å². The normalized spacial score (nSPS) is 10.3. The summed E-state index contributed by atoms with van der Waals surface area (Å²) in [6.07, 6.45) is 0. The molecule has 0 aliphatic heterocycles. The molecule has 0 amide bonds. The van der Waals surface area contributed by atoms with Crippen molar-refractivity contribution in [3.05, 3.63) is 57.6 Å². The number of anilines is 1. The number of benzene rings is 1. The van der Waals surface area contributed by atoms with Crippen LogP contribution in [0.1, 0.15) is 17.0 Å². The van der Waals surface area contributed by atoms with Crippen LogP contribution in [0.2, 0.25) is 0 Å². The predicted octanol–water partition coefficient (Wildman–Crippen LogP) is 1.15. The van der Waals surface area contributed by atoms with Crippen LogP contribution in [0.4, 0.5) is 5.82 Å². The molecule has 0 saturated heterocycles. The number of rotatable bonds is 4. The second-order valence-electron chi connectivity index (χ2n) is 4.04. The van der Waals surface area contributed by atoms with E-state index < -0.39 is 0 Å². The summed E-state index contributed by atoms with van der Waals surface area (Å²) in [6.45, 7) is 2.85. The zero-order valence-corrected chi connectivity index (χ0v) is 10.2. The first kappa shape index (κ1) is 12.3. The summed E-state index contributed by atoms with van der Waals surface area (Å²) < 4.78 is 0. The van der Waals surface area contributed by atoms with Crippen LogP contribution >= 0.6 is 0 Å². The van der Waals surface area contributed by atoms with Gasteiger partial charge in [0, 0.05) is 19.2 Å². The van der Waals surface area contributed by atoms with Crippen LogP contribution in [-0.4, -0.2) is 9.97 Å². The largest absolute Gasteiger partial charge is 0.366 e. The van der Waals surface area contributed by atoms with Crippen molar-refractivity contribution in [2.75, 3.05) is 5.32 Å². The monoisotopic (exact) mass is 244 g/mol. The molecule has 5 nitrogen and oxygen atoms in total. The molecular weight excluding hydrogens is 228 g/mol. The second kappa shape index (κ2) is 5.46. The standard InChI is InChI=1S/C13H16N4O/c1-9-16-12(6-13(18)17-9)15-8-11-5-3-2-4-10(11)7-14/h2-6H,7-8,14H2,1H3,(H2,15,16,17,18). The van der Waals surface area contributed by atoms with Gasteiger partial charge in [0.15, 0.2) is 0 Å². The number of H-pyrrole nitrogens is 1. The highest BCUT2D eigenvalue weighted by Gasteiger charge is 2.01. The van der Waals surface area contributed by atoms with E-state index in [-0.39, 0.29) is 5.56 Å². The Balaban J connectivity index is 2.13. The molecule has 1 aromatic carbocycles. The molecule has 5 heteroatoms. The first-order valence-electron chi connectivity index (χ1n) is 5.77. The Hall–Kier alpha value is -2.14. The lowest BCUT2D eigenvalue weighted by Crippen LogP contribution is -2.12. The van der Waals surface area contributed by atoms with Crippen molar-refractivity contribution in [2.24, 2.45) is 5.73 Å². The molecule has 0 atom stereocenters. The average molecular weight is 244 g/mol. The van der Waals surface area contributed by atoms with Crippen molar-refractivity contribution in [3.63, 3.8) is 0 Å². The smallest absolute Gasteiger partial charge is 0.252 e. The maximum Gasteiger partial charge on any atom is 0.252 e. The van der Waals surface area contributed by atoms with Gasteiger partial charge < -0.3 is 16.0 Å². The number of nitrogens with two attached hydrogens (primary N) is 1. The van der Waals surface area contributed by atoms with Gasteiger partial charge in [-0.15, -0.1) is 0 Å². The number of hydrogen-bond donors (Lipinski definition) is 3. The molecule has 0 aliphatic rings. The van der Waals surface area contributed by atoms with Crippen molar-refractivity contribution in [1.82, 2.24) is 9.97 Å². The van der Waals surface area contributed by atoms with Crippen LogP contribution in [0.5, 0.6) is 0 Å². The van der Waals surface area contributed by atoms with E-state index in [1.54, 1.807) is 6.92 Å². The number of hydrogen-bond acceptors (Lipinski definition) is 4. The molecule has 0 spiro atoms. The second-order valence-corrected chi connectivity index (χ2v) is 4.04. The van der Waals surface area contributed by atoms with Gasteiger partial charge in [-0.3, -0.25) is 4.79 Å². The third-order valence-corrected chi connectivity index (χ3v) is 2.66. The summed E-state index contributed by atoms with van der Waals surface area (Å²) in [4.78, 5) is 18.1. The summed E-state index contributed by atoms with van der Waals surface area (Å²) in [6, 6.07) is 9.37. The van der Waals surface area contributed by atoms with Gasteiger partial charge in [0.25, 0.3) is 5.56 Å². The Morgan fingerprint density at radius 1 is 1.33 bits per heavy atom. The van der Waals surface area contributed by atoms with Gasteiger partial charge >= 0.3 is 0 Å². The molecule has 0 bridgehead atoms. The Labute approximate surface area is 105 Å². The Morgan fingerprint density at radius 2 is 2.06 bits per heavy atom. The van der Waals surface area contributed by atoms with Crippen LogP contribution < -0.4 is 16.6 Å². The third kappa shape index (κ3) is 2.95. The number of nitrogens with zero attached hydrogens (tertiary/aromatic N) is 1. The van der Waals surface area contributed by atoms with E-state index in [4.69, 9.17) is 5.73 Å². The zero-order chi connectivity index (χ0) is 13.0. The molecule has 2 rings (SSSR count). The molecule has 0 unspecified atom stereocenters. The highest BCUT2D eigenvalue weighted by atomic mass is 16.1. The molecule has 1 aromatic heterocycles. The van der Waals surface area contributed by atoms with E-state index in [0.29, 0.717) is 24.7 Å². The quantitative estimate of drug-likeness (QED) is 0.753. The molecule has 1 heterocycles. The number of aromatic nitrogens is 2. The van der Waals surface area contributed by atoms with E-state index in [0.717, 1.165) is 11.1 Å². The number of nitrogens with one attached hydrogen (secondary N) is 2. The van der Waals surface area contributed by atoms with Crippen LogP contribution in [0, 0.1) is 6.92 Å². The molecule has 94 valence electrons. The van der Waals surface area contributed by atoms with Gasteiger partial charge in [-0.25, -0.2) is 4.98 Å². The minimum atomic E-state index is -0.155. The van der Waals surface area contributed by atoms with E-state index >= 15 is 0 Å². The first-order valence-corrected chi connectivity index (χ1v) is 5.77. The summed E-state index contributed by atoms with van der Waals surface area (Å²) in [5.41, 5.74) is 7.71. The first-order chi connectivity index (χ1) is 8.69. The summed E-state index contributed by atoms with van der Waals surface area (Å²) in [5.74, 6) is 1.17. The SMILES string of the molecule is Cc1nc(NCc2ccccc2CN)cc(=O)[nH]1. The zero-order valence-electron chi connectivity index (χ0n) is 10.2. The Kier molecular flexibility index (Phi) is 3.74. The average Bonchev–Trinajstić information content (AvgIpc) is 2.35.